The topological polar surface area (TPSA) is 43.8 Å². The van der Waals surface area contributed by atoms with Gasteiger partial charge in [-0.05, 0) is 25.9 Å². The van der Waals surface area contributed by atoms with E-state index in [-0.39, 0.29) is 12.3 Å². The van der Waals surface area contributed by atoms with Crippen LogP contribution in [0.1, 0.15) is 19.3 Å². The third-order valence-corrected chi connectivity index (χ3v) is 3.09. The molecule has 2 heterocycles. The fraction of sp³-hybridized carbons (Fsp3) is 0.750. The summed E-state index contributed by atoms with van der Waals surface area (Å²) in [5.74, 6) is 6.11. The van der Waals surface area contributed by atoms with E-state index in [0.29, 0.717) is 13.1 Å². The van der Waals surface area contributed by atoms with Gasteiger partial charge in [-0.3, -0.25) is 9.69 Å². The van der Waals surface area contributed by atoms with E-state index in [4.69, 9.17) is 0 Å². The van der Waals surface area contributed by atoms with E-state index < -0.39 is 6.10 Å². The lowest BCUT2D eigenvalue weighted by molar-refractivity contribution is -0.127. The quantitative estimate of drug-likeness (QED) is 0.651. The molecule has 0 spiro atoms. The lowest BCUT2D eigenvalue weighted by Gasteiger charge is -2.11. The minimum Gasteiger partial charge on any atom is -0.391 e. The molecule has 4 nitrogen and oxygen atoms in total. The number of hydrogen-bond acceptors (Lipinski definition) is 3. The minimum absolute atomic E-state index is 0.0166. The SMILES string of the molecule is O=C1C[C@H](O)CN1CC#CCN1CCCC1. The van der Waals surface area contributed by atoms with Gasteiger partial charge in [-0.15, -0.1) is 0 Å². The highest BCUT2D eigenvalue weighted by Crippen LogP contribution is 2.09. The second-order valence-corrected chi connectivity index (χ2v) is 4.47. The fourth-order valence-corrected chi connectivity index (χ4v) is 2.16. The maximum absolute atomic E-state index is 11.3. The number of likely N-dealkylation sites (tertiary alicyclic amines) is 2. The van der Waals surface area contributed by atoms with Gasteiger partial charge in [-0.2, -0.15) is 0 Å². The van der Waals surface area contributed by atoms with Crippen LogP contribution in [0.4, 0.5) is 0 Å². The van der Waals surface area contributed by atoms with Gasteiger partial charge in [0.2, 0.25) is 5.91 Å². The summed E-state index contributed by atoms with van der Waals surface area (Å²) in [7, 11) is 0. The van der Waals surface area contributed by atoms with Crippen molar-refractivity contribution in [1.29, 1.82) is 0 Å². The summed E-state index contributed by atoms with van der Waals surface area (Å²) in [5, 5.41) is 9.28. The highest BCUT2D eigenvalue weighted by molar-refractivity contribution is 5.79. The van der Waals surface area contributed by atoms with Crippen molar-refractivity contribution < 1.29 is 9.90 Å². The molecule has 0 radical (unpaired) electrons. The Labute approximate surface area is 96.2 Å². The van der Waals surface area contributed by atoms with Gasteiger partial charge in [0.25, 0.3) is 0 Å². The standard InChI is InChI=1S/C12H18N2O2/c15-11-9-12(16)14(10-11)8-4-3-7-13-5-1-2-6-13/h11,15H,1-2,5-10H2/t11-/m0/s1. The first-order chi connectivity index (χ1) is 7.75. The van der Waals surface area contributed by atoms with Crippen LogP contribution in [0.15, 0.2) is 0 Å². The van der Waals surface area contributed by atoms with Crippen molar-refractivity contribution in [3.8, 4) is 11.8 Å². The molecule has 1 N–H and O–H groups in total. The van der Waals surface area contributed by atoms with Crippen molar-refractivity contribution in [3.63, 3.8) is 0 Å². The Bertz CT molecular complexity index is 313. The zero-order valence-electron chi connectivity index (χ0n) is 9.48. The molecule has 0 unspecified atom stereocenters. The van der Waals surface area contributed by atoms with E-state index in [1.54, 1.807) is 4.90 Å². The van der Waals surface area contributed by atoms with Gasteiger partial charge in [0.1, 0.15) is 0 Å². The zero-order valence-corrected chi connectivity index (χ0v) is 9.48. The van der Waals surface area contributed by atoms with Gasteiger partial charge in [-0.1, -0.05) is 11.8 Å². The average molecular weight is 222 g/mol. The summed E-state index contributed by atoms with van der Waals surface area (Å²) >= 11 is 0. The fourth-order valence-electron chi connectivity index (χ4n) is 2.16. The molecule has 16 heavy (non-hydrogen) atoms. The van der Waals surface area contributed by atoms with Gasteiger partial charge in [0.15, 0.2) is 0 Å². The second-order valence-electron chi connectivity index (χ2n) is 4.47. The van der Waals surface area contributed by atoms with Gasteiger partial charge in [0.05, 0.1) is 25.6 Å². The molecule has 4 heteroatoms. The number of carbonyl (C=O) groups excluding carboxylic acids is 1. The van der Waals surface area contributed by atoms with E-state index in [1.165, 1.54) is 12.8 Å². The maximum atomic E-state index is 11.3. The molecule has 1 atom stereocenters. The number of hydrogen-bond donors (Lipinski definition) is 1. The molecule has 2 aliphatic heterocycles. The predicted octanol–water partition coefficient (Wildman–Crippen LogP) is -0.321. The lowest BCUT2D eigenvalue weighted by Crippen LogP contribution is -2.26. The molecule has 0 aromatic rings. The van der Waals surface area contributed by atoms with E-state index in [9.17, 15) is 9.90 Å². The zero-order chi connectivity index (χ0) is 11.4. The van der Waals surface area contributed by atoms with Crippen molar-refractivity contribution in [2.75, 3.05) is 32.7 Å². The molecule has 0 aliphatic carbocycles. The van der Waals surface area contributed by atoms with Crippen LogP contribution >= 0.6 is 0 Å². The average Bonchev–Trinajstić information content (AvgIpc) is 2.84. The Morgan fingerprint density at radius 2 is 1.94 bits per heavy atom. The summed E-state index contributed by atoms with van der Waals surface area (Å²) in [6.07, 6.45) is 2.32. The number of nitrogens with zero attached hydrogens (tertiary/aromatic N) is 2. The molecule has 2 fully saturated rings. The van der Waals surface area contributed by atoms with Crippen LogP contribution in [0.2, 0.25) is 0 Å². The summed E-state index contributed by atoms with van der Waals surface area (Å²) in [6.45, 7) is 4.01. The summed E-state index contributed by atoms with van der Waals surface area (Å²) in [5.41, 5.74) is 0. The number of aliphatic hydroxyl groups is 1. The minimum atomic E-state index is -0.493. The van der Waals surface area contributed by atoms with Gasteiger partial charge in [-0.25, -0.2) is 0 Å². The number of β-amino-alcohol motifs (C(OH)–C–C–N with tert-alkyl or cyclic N) is 1. The van der Waals surface area contributed by atoms with Crippen LogP contribution in [0, 0.1) is 11.8 Å². The van der Waals surface area contributed by atoms with Crippen molar-refractivity contribution in [3.05, 3.63) is 0 Å². The van der Waals surface area contributed by atoms with E-state index in [1.807, 2.05) is 0 Å². The monoisotopic (exact) mass is 222 g/mol. The van der Waals surface area contributed by atoms with Crippen LogP contribution in [-0.2, 0) is 4.79 Å². The smallest absolute Gasteiger partial charge is 0.226 e. The number of carbonyl (C=O) groups is 1. The number of rotatable bonds is 2. The Balaban J connectivity index is 1.70. The number of aliphatic hydroxyl groups excluding tert-OH is 1. The third-order valence-electron chi connectivity index (χ3n) is 3.09. The Kier molecular flexibility index (Phi) is 3.81. The molecule has 2 aliphatic rings. The van der Waals surface area contributed by atoms with Crippen LogP contribution in [0.5, 0.6) is 0 Å². The molecule has 0 aromatic carbocycles. The second kappa shape index (κ2) is 5.33. The van der Waals surface area contributed by atoms with E-state index in [0.717, 1.165) is 19.6 Å². The Morgan fingerprint density at radius 1 is 1.25 bits per heavy atom. The third kappa shape index (κ3) is 2.97. The largest absolute Gasteiger partial charge is 0.391 e. The van der Waals surface area contributed by atoms with E-state index >= 15 is 0 Å². The first-order valence-electron chi connectivity index (χ1n) is 5.89. The molecule has 2 rings (SSSR count). The molecule has 0 aromatic heterocycles. The molecule has 1 amide bonds. The molecule has 0 saturated carbocycles. The lowest BCUT2D eigenvalue weighted by atomic mass is 10.3. The van der Waals surface area contributed by atoms with Gasteiger partial charge >= 0.3 is 0 Å². The predicted molar refractivity (Wildman–Crippen MR) is 60.7 cm³/mol. The molecular weight excluding hydrogens is 204 g/mol. The maximum Gasteiger partial charge on any atom is 0.226 e. The van der Waals surface area contributed by atoms with Gasteiger partial charge < -0.3 is 10.0 Å². The molecular formula is C12H18N2O2. The van der Waals surface area contributed by atoms with Crippen LogP contribution in [0.25, 0.3) is 0 Å². The van der Waals surface area contributed by atoms with Crippen molar-refractivity contribution >= 4 is 5.91 Å². The van der Waals surface area contributed by atoms with Gasteiger partial charge in [0, 0.05) is 6.54 Å². The van der Waals surface area contributed by atoms with Crippen LogP contribution in [0.3, 0.4) is 0 Å². The molecule has 88 valence electrons. The first-order valence-corrected chi connectivity index (χ1v) is 5.89. The van der Waals surface area contributed by atoms with Crippen LogP contribution in [-0.4, -0.2) is 59.6 Å². The summed E-state index contributed by atoms with van der Waals surface area (Å²) in [6, 6.07) is 0. The molecule has 2 saturated heterocycles. The highest BCUT2D eigenvalue weighted by atomic mass is 16.3. The first kappa shape index (κ1) is 11.4. The normalized spacial score (nSPS) is 25.9. The Morgan fingerprint density at radius 3 is 2.56 bits per heavy atom. The molecule has 0 bridgehead atoms. The van der Waals surface area contributed by atoms with Crippen LogP contribution < -0.4 is 0 Å². The van der Waals surface area contributed by atoms with Crippen molar-refractivity contribution in [2.45, 2.75) is 25.4 Å². The van der Waals surface area contributed by atoms with Crippen molar-refractivity contribution in [2.24, 2.45) is 0 Å². The van der Waals surface area contributed by atoms with Crippen molar-refractivity contribution in [1.82, 2.24) is 9.80 Å². The van der Waals surface area contributed by atoms with E-state index in [2.05, 4.69) is 16.7 Å². The highest BCUT2D eigenvalue weighted by Gasteiger charge is 2.26. The Hall–Kier alpha value is -1.05. The summed E-state index contributed by atoms with van der Waals surface area (Å²) in [4.78, 5) is 15.3. The summed E-state index contributed by atoms with van der Waals surface area (Å²) < 4.78 is 0. The number of amides is 1.